The third-order valence-corrected chi connectivity index (χ3v) is 3.11. The largest absolute Gasteiger partial charge is 0.494 e. The third-order valence-electron chi connectivity index (χ3n) is 2.60. The van der Waals surface area contributed by atoms with E-state index in [-0.39, 0.29) is 22.0 Å². The Morgan fingerprint density at radius 1 is 1.37 bits per heavy atom. The van der Waals surface area contributed by atoms with Gasteiger partial charge >= 0.3 is 0 Å². The number of hydrogen-bond acceptors (Lipinski definition) is 3. The molecular formula is C13H10Cl2FNO2. The Morgan fingerprint density at radius 2 is 2.11 bits per heavy atom. The lowest BCUT2D eigenvalue weighted by atomic mass is 10.0. The van der Waals surface area contributed by atoms with Crippen molar-refractivity contribution in [3.8, 4) is 5.75 Å². The fourth-order valence-electron chi connectivity index (χ4n) is 1.67. The van der Waals surface area contributed by atoms with Crippen LogP contribution in [-0.2, 0) is 0 Å². The van der Waals surface area contributed by atoms with Gasteiger partial charge in [0.15, 0.2) is 11.6 Å². The van der Waals surface area contributed by atoms with Gasteiger partial charge in [0, 0.05) is 11.8 Å². The van der Waals surface area contributed by atoms with Crippen LogP contribution in [0, 0.1) is 5.82 Å². The molecule has 2 aromatic rings. The molecule has 0 fully saturated rings. The third kappa shape index (κ3) is 2.81. The van der Waals surface area contributed by atoms with Crippen molar-refractivity contribution in [2.45, 2.75) is 6.10 Å². The zero-order chi connectivity index (χ0) is 14.0. The van der Waals surface area contributed by atoms with Crippen LogP contribution in [0.5, 0.6) is 5.75 Å². The van der Waals surface area contributed by atoms with Crippen LogP contribution < -0.4 is 4.74 Å². The Morgan fingerprint density at radius 3 is 2.74 bits per heavy atom. The van der Waals surface area contributed by atoms with Gasteiger partial charge in [0.1, 0.15) is 6.10 Å². The van der Waals surface area contributed by atoms with Crippen LogP contribution in [0.25, 0.3) is 0 Å². The summed E-state index contributed by atoms with van der Waals surface area (Å²) in [5, 5.41) is 10.7. The van der Waals surface area contributed by atoms with Gasteiger partial charge in [-0.15, -0.1) is 0 Å². The summed E-state index contributed by atoms with van der Waals surface area (Å²) in [6.45, 7) is 0. The molecule has 0 spiro atoms. The normalized spacial score (nSPS) is 12.3. The number of ether oxygens (including phenoxy) is 1. The van der Waals surface area contributed by atoms with Crippen molar-refractivity contribution in [1.29, 1.82) is 0 Å². The smallest absolute Gasteiger partial charge is 0.171 e. The van der Waals surface area contributed by atoms with Crippen LogP contribution in [0.2, 0.25) is 10.0 Å². The fraction of sp³-hybridized carbons (Fsp3) is 0.154. The highest BCUT2D eigenvalue weighted by molar-refractivity contribution is 6.34. The molecule has 3 nitrogen and oxygen atoms in total. The van der Waals surface area contributed by atoms with Crippen molar-refractivity contribution < 1.29 is 14.2 Å². The summed E-state index contributed by atoms with van der Waals surface area (Å²) < 4.78 is 18.9. The predicted octanol–water partition coefficient (Wildman–Crippen LogP) is 3.62. The number of methoxy groups -OCH3 is 1. The summed E-state index contributed by atoms with van der Waals surface area (Å²) in [5.41, 5.74) is 0.175. The van der Waals surface area contributed by atoms with Gasteiger partial charge in [0.2, 0.25) is 0 Å². The first kappa shape index (κ1) is 14.1. The number of rotatable bonds is 3. The molecule has 1 heterocycles. The van der Waals surface area contributed by atoms with Crippen molar-refractivity contribution in [2.75, 3.05) is 7.11 Å². The standard InChI is InChI=1S/C13H10Cl2FNO2/c1-19-10-4-2-3-8(11(10)16)13(18)12-9(15)5-7(14)6-17-12/h2-6,13,18H,1H3. The molecule has 1 atom stereocenters. The summed E-state index contributed by atoms with van der Waals surface area (Å²) in [6, 6.07) is 5.91. The topological polar surface area (TPSA) is 42.4 Å². The quantitative estimate of drug-likeness (QED) is 0.941. The van der Waals surface area contributed by atoms with E-state index in [0.717, 1.165) is 0 Å². The first-order valence-electron chi connectivity index (χ1n) is 5.36. The summed E-state index contributed by atoms with van der Waals surface area (Å²) in [7, 11) is 1.35. The number of halogens is 3. The van der Waals surface area contributed by atoms with Gasteiger partial charge in [0.25, 0.3) is 0 Å². The van der Waals surface area contributed by atoms with E-state index in [4.69, 9.17) is 27.9 Å². The highest BCUT2D eigenvalue weighted by Gasteiger charge is 2.21. The van der Waals surface area contributed by atoms with E-state index in [1.807, 2.05) is 0 Å². The number of nitrogens with zero attached hydrogens (tertiary/aromatic N) is 1. The minimum atomic E-state index is -1.29. The van der Waals surface area contributed by atoms with E-state index in [1.54, 1.807) is 6.07 Å². The average Bonchev–Trinajstić information content (AvgIpc) is 2.38. The van der Waals surface area contributed by atoms with Gasteiger partial charge in [-0.1, -0.05) is 35.3 Å². The number of aliphatic hydroxyl groups excluding tert-OH is 1. The molecular weight excluding hydrogens is 292 g/mol. The van der Waals surface area contributed by atoms with E-state index in [9.17, 15) is 9.50 Å². The maximum atomic E-state index is 14.0. The molecule has 1 N–H and O–H groups in total. The molecule has 0 bridgehead atoms. The van der Waals surface area contributed by atoms with Crippen LogP contribution in [0.4, 0.5) is 4.39 Å². The molecule has 1 aromatic carbocycles. The zero-order valence-corrected chi connectivity index (χ0v) is 11.4. The minimum Gasteiger partial charge on any atom is -0.494 e. The van der Waals surface area contributed by atoms with Crippen molar-refractivity contribution in [2.24, 2.45) is 0 Å². The average molecular weight is 302 g/mol. The molecule has 0 saturated heterocycles. The lowest BCUT2D eigenvalue weighted by Crippen LogP contribution is -2.06. The van der Waals surface area contributed by atoms with Gasteiger partial charge in [0.05, 0.1) is 22.8 Å². The Balaban J connectivity index is 2.47. The number of benzene rings is 1. The van der Waals surface area contributed by atoms with E-state index >= 15 is 0 Å². The molecule has 0 saturated carbocycles. The second-order valence-corrected chi connectivity index (χ2v) is 4.63. The van der Waals surface area contributed by atoms with Crippen LogP contribution in [-0.4, -0.2) is 17.2 Å². The molecule has 0 aliphatic carbocycles. The highest BCUT2D eigenvalue weighted by Crippen LogP contribution is 2.32. The molecule has 2 rings (SSSR count). The maximum absolute atomic E-state index is 14.0. The first-order chi connectivity index (χ1) is 9.04. The minimum absolute atomic E-state index is 0.0380. The van der Waals surface area contributed by atoms with Gasteiger partial charge in [-0.2, -0.15) is 0 Å². The van der Waals surface area contributed by atoms with Crippen LogP contribution in [0.3, 0.4) is 0 Å². The van der Waals surface area contributed by atoms with Gasteiger partial charge < -0.3 is 9.84 Å². The second-order valence-electron chi connectivity index (χ2n) is 3.79. The van der Waals surface area contributed by atoms with Gasteiger partial charge in [-0.3, -0.25) is 4.98 Å². The van der Waals surface area contributed by atoms with Crippen molar-refractivity contribution in [1.82, 2.24) is 4.98 Å². The molecule has 1 aromatic heterocycles. The highest BCUT2D eigenvalue weighted by atomic mass is 35.5. The van der Waals surface area contributed by atoms with Crippen molar-refractivity contribution in [3.05, 3.63) is 57.6 Å². The lowest BCUT2D eigenvalue weighted by Gasteiger charge is -2.14. The predicted molar refractivity (Wildman–Crippen MR) is 71.3 cm³/mol. The van der Waals surface area contributed by atoms with E-state index < -0.39 is 11.9 Å². The number of aromatic nitrogens is 1. The van der Waals surface area contributed by atoms with Gasteiger partial charge in [-0.25, -0.2) is 4.39 Å². The molecule has 1 unspecified atom stereocenters. The molecule has 6 heteroatoms. The van der Waals surface area contributed by atoms with Gasteiger partial charge in [-0.05, 0) is 12.1 Å². The Bertz CT molecular complexity index is 607. The lowest BCUT2D eigenvalue weighted by molar-refractivity contribution is 0.208. The number of aliphatic hydroxyl groups is 1. The van der Waals surface area contributed by atoms with Crippen molar-refractivity contribution >= 4 is 23.2 Å². The van der Waals surface area contributed by atoms with E-state index in [2.05, 4.69) is 4.98 Å². The van der Waals surface area contributed by atoms with Crippen LogP contribution in [0.15, 0.2) is 30.5 Å². The summed E-state index contributed by atoms with van der Waals surface area (Å²) in [4.78, 5) is 3.93. The summed E-state index contributed by atoms with van der Waals surface area (Å²) in [6.07, 6.45) is 0.0456. The number of hydrogen-bond donors (Lipinski definition) is 1. The molecule has 19 heavy (non-hydrogen) atoms. The monoisotopic (exact) mass is 301 g/mol. The van der Waals surface area contributed by atoms with Crippen molar-refractivity contribution in [3.63, 3.8) is 0 Å². The van der Waals surface area contributed by atoms with Crippen LogP contribution >= 0.6 is 23.2 Å². The van der Waals surface area contributed by atoms with E-state index in [1.165, 1.54) is 31.5 Å². The molecule has 0 radical (unpaired) electrons. The first-order valence-corrected chi connectivity index (χ1v) is 6.11. The Kier molecular flexibility index (Phi) is 4.24. The molecule has 0 aliphatic heterocycles. The molecule has 100 valence electrons. The fourth-order valence-corrected chi connectivity index (χ4v) is 2.15. The summed E-state index contributed by atoms with van der Waals surface area (Å²) >= 11 is 11.7. The zero-order valence-electron chi connectivity index (χ0n) is 9.90. The second kappa shape index (κ2) is 5.74. The van der Waals surface area contributed by atoms with Crippen LogP contribution in [0.1, 0.15) is 17.4 Å². The van der Waals surface area contributed by atoms with E-state index in [0.29, 0.717) is 5.02 Å². The Hall–Kier alpha value is -1.36. The number of pyridine rings is 1. The maximum Gasteiger partial charge on any atom is 0.171 e. The molecule has 0 amide bonds. The molecule has 0 aliphatic rings. The SMILES string of the molecule is COc1cccc(C(O)c2ncc(Cl)cc2Cl)c1F. The Labute approximate surface area is 119 Å². The summed E-state index contributed by atoms with van der Waals surface area (Å²) in [5.74, 6) is -0.605.